The zero-order chi connectivity index (χ0) is 23.3. The monoisotopic (exact) mass is 434 g/mol. The van der Waals surface area contributed by atoms with Crippen LogP contribution >= 0.6 is 0 Å². The molecule has 32 heavy (non-hydrogen) atoms. The molecule has 0 aliphatic rings. The van der Waals surface area contributed by atoms with Gasteiger partial charge in [-0.15, -0.1) is 0 Å². The van der Waals surface area contributed by atoms with Crippen molar-refractivity contribution >= 4 is 16.9 Å². The quantitative estimate of drug-likeness (QED) is 0.191. The molecule has 0 aromatic heterocycles. The van der Waals surface area contributed by atoms with Gasteiger partial charge in [-0.25, -0.2) is 4.39 Å². The molecule has 2 nitrogen and oxygen atoms in total. The Morgan fingerprint density at radius 3 is 2.19 bits per heavy atom. The molecule has 2 rings (SSSR count). The lowest BCUT2D eigenvalue weighted by atomic mass is 9.98. The Morgan fingerprint density at radius 2 is 1.56 bits per heavy atom. The Labute approximate surface area is 192 Å². The summed E-state index contributed by atoms with van der Waals surface area (Å²) >= 11 is 0. The maximum Gasteiger partial charge on any atom is 0.129 e. The summed E-state index contributed by atoms with van der Waals surface area (Å²) in [5.41, 5.74) is 5.37. The number of halogens is 1. The molecule has 3 heteroatoms. The van der Waals surface area contributed by atoms with Crippen molar-refractivity contribution in [1.29, 1.82) is 0 Å². The lowest BCUT2D eigenvalue weighted by Crippen LogP contribution is -1.98. The molecule has 170 valence electrons. The number of Topliss-reactive ketones (excluding diaryl/α,β-unsaturated/α-hetero) is 1. The van der Waals surface area contributed by atoms with E-state index in [9.17, 15) is 9.18 Å². The van der Waals surface area contributed by atoms with E-state index in [2.05, 4.69) is 38.1 Å². The van der Waals surface area contributed by atoms with Crippen molar-refractivity contribution in [2.75, 3.05) is 6.61 Å². The number of hydrogen-bond donors (Lipinski definition) is 0. The number of ketones is 1. The van der Waals surface area contributed by atoms with Crippen molar-refractivity contribution in [3.63, 3.8) is 0 Å². The van der Waals surface area contributed by atoms with Gasteiger partial charge in [0, 0.05) is 6.42 Å². The van der Waals surface area contributed by atoms with E-state index in [-0.39, 0.29) is 11.6 Å². The topological polar surface area (TPSA) is 26.3 Å². The average molecular weight is 435 g/mol. The van der Waals surface area contributed by atoms with E-state index in [1.807, 2.05) is 25.1 Å². The van der Waals surface area contributed by atoms with E-state index in [0.29, 0.717) is 13.0 Å². The van der Waals surface area contributed by atoms with Gasteiger partial charge in [-0.2, -0.15) is 0 Å². The fourth-order valence-electron chi connectivity index (χ4n) is 3.31. The van der Waals surface area contributed by atoms with Crippen LogP contribution in [0.2, 0.25) is 0 Å². The second-order valence-corrected chi connectivity index (χ2v) is 8.16. The van der Waals surface area contributed by atoms with Gasteiger partial charge in [0.05, 0.1) is 6.61 Å². The molecule has 0 aliphatic heterocycles. The minimum Gasteiger partial charge on any atom is -0.494 e. The van der Waals surface area contributed by atoms with Gasteiger partial charge in [0.25, 0.3) is 0 Å². The maximum atomic E-state index is 13.3. The van der Waals surface area contributed by atoms with Gasteiger partial charge in [0.2, 0.25) is 0 Å². The van der Waals surface area contributed by atoms with Crippen LogP contribution in [-0.4, -0.2) is 12.4 Å². The minimum absolute atomic E-state index is 0.235. The molecule has 0 radical (unpaired) electrons. The number of allylic oxidation sites excluding steroid dienone is 5. The van der Waals surface area contributed by atoms with Crippen LogP contribution in [0.25, 0.3) is 11.1 Å². The number of benzene rings is 2. The van der Waals surface area contributed by atoms with Crippen molar-refractivity contribution in [3.05, 3.63) is 95.0 Å². The van der Waals surface area contributed by atoms with Crippen molar-refractivity contribution in [2.24, 2.45) is 0 Å². The van der Waals surface area contributed by atoms with Crippen LogP contribution in [0.5, 0.6) is 0 Å². The third-order valence-corrected chi connectivity index (χ3v) is 5.45. The van der Waals surface area contributed by atoms with E-state index in [1.54, 1.807) is 19.1 Å². The summed E-state index contributed by atoms with van der Waals surface area (Å²) in [6.07, 6.45) is 8.60. The average Bonchev–Trinajstić information content (AvgIpc) is 2.80. The molecule has 0 unspecified atom stereocenters. The van der Waals surface area contributed by atoms with Crippen molar-refractivity contribution in [1.82, 2.24) is 0 Å². The zero-order valence-corrected chi connectivity index (χ0v) is 19.8. The molecule has 2 aromatic rings. The molecule has 0 fully saturated rings. The fraction of sp³-hybridized carbons (Fsp3) is 0.345. The number of hydrogen-bond acceptors (Lipinski definition) is 2. The Morgan fingerprint density at radius 1 is 0.875 bits per heavy atom. The van der Waals surface area contributed by atoms with Crippen LogP contribution in [0.3, 0.4) is 0 Å². The highest BCUT2D eigenvalue weighted by molar-refractivity contribution is 5.84. The molecule has 2 aromatic carbocycles. The summed E-state index contributed by atoms with van der Waals surface area (Å²) in [5.74, 6) is 0.897. The number of carbonyl (C=O) groups is 1. The molecule has 0 spiro atoms. The number of ether oxygens (including phenoxy) is 1. The lowest BCUT2D eigenvalue weighted by molar-refractivity contribution is -0.117. The van der Waals surface area contributed by atoms with E-state index >= 15 is 0 Å². The van der Waals surface area contributed by atoms with Crippen molar-refractivity contribution < 1.29 is 13.9 Å². The van der Waals surface area contributed by atoms with Gasteiger partial charge in [-0.05, 0) is 92.5 Å². The van der Waals surface area contributed by atoms with Gasteiger partial charge < -0.3 is 9.53 Å². The summed E-state index contributed by atoms with van der Waals surface area (Å²) in [7, 11) is 0. The molecule has 0 saturated heterocycles. The molecular formula is C29H35FO2. The zero-order valence-electron chi connectivity index (χ0n) is 19.8. The third kappa shape index (κ3) is 8.66. The van der Waals surface area contributed by atoms with Crippen LogP contribution in [0.4, 0.5) is 4.39 Å². The summed E-state index contributed by atoms with van der Waals surface area (Å²) in [4.78, 5) is 11.1. The standard InChI is InChI=1S/C29H35FO2/c1-5-22(2)29(32-19-11-7-8-12-24(4)31)21-27(26-13-9-6-10-14-26)20-23(3)25-15-17-28(30)18-16-25/h6,9-10,13-18,20-21H,5,7-8,11-12,19H2,1-4H3/b23-20+,27-21+,29-22-. The highest BCUT2D eigenvalue weighted by Crippen LogP contribution is 2.26. The molecule has 0 saturated carbocycles. The van der Waals surface area contributed by atoms with Gasteiger partial charge in [0.1, 0.15) is 17.4 Å². The SMILES string of the molecule is CC/C(C)=C(/C=C(\C=C(/C)c1ccc(F)cc1)c1ccccc1)OCCCCCC(C)=O. The smallest absolute Gasteiger partial charge is 0.129 e. The normalized spacial score (nSPS) is 13.0. The van der Waals surface area contributed by atoms with E-state index < -0.39 is 0 Å². The Bertz CT molecular complexity index is 950. The largest absolute Gasteiger partial charge is 0.494 e. The molecule has 0 aliphatic carbocycles. The van der Waals surface area contributed by atoms with Crippen molar-refractivity contribution in [2.45, 2.75) is 59.8 Å². The van der Waals surface area contributed by atoms with E-state index in [0.717, 1.165) is 53.7 Å². The lowest BCUT2D eigenvalue weighted by Gasteiger charge is -2.13. The second-order valence-electron chi connectivity index (χ2n) is 8.16. The van der Waals surface area contributed by atoms with Gasteiger partial charge in [-0.1, -0.05) is 55.5 Å². The van der Waals surface area contributed by atoms with E-state index in [4.69, 9.17) is 4.74 Å². The predicted molar refractivity (Wildman–Crippen MR) is 133 cm³/mol. The molecule has 0 heterocycles. The maximum absolute atomic E-state index is 13.3. The second kappa shape index (κ2) is 13.5. The summed E-state index contributed by atoms with van der Waals surface area (Å²) in [5, 5.41) is 0. The van der Waals surface area contributed by atoms with Crippen LogP contribution in [-0.2, 0) is 9.53 Å². The summed E-state index contributed by atoms with van der Waals surface area (Å²) < 4.78 is 19.5. The molecule has 0 amide bonds. The summed E-state index contributed by atoms with van der Waals surface area (Å²) in [6, 6.07) is 16.8. The highest BCUT2D eigenvalue weighted by Gasteiger charge is 2.07. The van der Waals surface area contributed by atoms with Crippen LogP contribution in [0, 0.1) is 5.82 Å². The predicted octanol–water partition coefficient (Wildman–Crippen LogP) is 8.16. The first-order chi connectivity index (χ1) is 15.4. The first-order valence-corrected chi connectivity index (χ1v) is 11.4. The molecule has 0 N–H and O–H groups in total. The first kappa shape index (κ1) is 25.3. The Kier molecular flexibility index (Phi) is 10.7. The Hall–Kier alpha value is -2.94. The van der Waals surface area contributed by atoms with Gasteiger partial charge >= 0.3 is 0 Å². The Balaban J connectivity index is 2.28. The molecule has 0 atom stereocenters. The number of unbranched alkanes of at least 4 members (excludes halogenated alkanes) is 2. The molecule has 0 bridgehead atoms. The molecular weight excluding hydrogens is 399 g/mol. The highest BCUT2D eigenvalue weighted by atomic mass is 19.1. The number of carbonyl (C=O) groups excluding carboxylic acids is 1. The van der Waals surface area contributed by atoms with Crippen LogP contribution in [0.15, 0.2) is 78.1 Å². The first-order valence-electron chi connectivity index (χ1n) is 11.4. The van der Waals surface area contributed by atoms with E-state index in [1.165, 1.54) is 17.7 Å². The third-order valence-electron chi connectivity index (χ3n) is 5.45. The minimum atomic E-state index is -0.235. The van der Waals surface area contributed by atoms with Crippen molar-refractivity contribution in [3.8, 4) is 0 Å². The summed E-state index contributed by atoms with van der Waals surface area (Å²) in [6.45, 7) is 8.53. The van der Waals surface area contributed by atoms with Gasteiger partial charge in [0.15, 0.2) is 0 Å². The van der Waals surface area contributed by atoms with Gasteiger partial charge in [-0.3, -0.25) is 0 Å². The van der Waals surface area contributed by atoms with Crippen LogP contribution in [0.1, 0.15) is 70.9 Å². The number of rotatable bonds is 12. The van der Waals surface area contributed by atoms with Crippen LogP contribution < -0.4 is 0 Å². The fourth-order valence-corrected chi connectivity index (χ4v) is 3.31.